The number of methoxy groups -OCH3 is 1. The van der Waals surface area contributed by atoms with Gasteiger partial charge in [0.05, 0.1) is 12.7 Å². The van der Waals surface area contributed by atoms with Gasteiger partial charge in [-0.2, -0.15) is 0 Å². The molecular formula is C22H21NO3. The van der Waals surface area contributed by atoms with Crippen LogP contribution in [0.15, 0.2) is 78.9 Å². The number of rotatable bonds is 7. The molecule has 132 valence electrons. The van der Waals surface area contributed by atoms with Gasteiger partial charge in [-0.25, -0.2) is 0 Å². The van der Waals surface area contributed by atoms with E-state index < -0.39 is 0 Å². The number of nitrogens with one attached hydrogen (secondary N) is 1. The Bertz CT molecular complexity index is 845. The van der Waals surface area contributed by atoms with Crippen molar-refractivity contribution in [3.63, 3.8) is 0 Å². The van der Waals surface area contributed by atoms with Crippen LogP contribution in [0.4, 0.5) is 0 Å². The van der Waals surface area contributed by atoms with E-state index in [-0.39, 0.29) is 5.91 Å². The van der Waals surface area contributed by atoms with Crippen LogP contribution in [0.25, 0.3) is 0 Å². The molecule has 0 aliphatic heterocycles. The van der Waals surface area contributed by atoms with E-state index in [4.69, 9.17) is 9.47 Å². The average molecular weight is 347 g/mol. The van der Waals surface area contributed by atoms with E-state index in [0.29, 0.717) is 24.5 Å². The van der Waals surface area contributed by atoms with E-state index >= 15 is 0 Å². The number of ether oxygens (including phenoxy) is 2. The summed E-state index contributed by atoms with van der Waals surface area (Å²) in [5.74, 6) is 1.20. The van der Waals surface area contributed by atoms with Crippen LogP contribution in [0.5, 0.6) is 11.5 Å². The molecule has 0 atom stereocenters. The fraction of sp³-hybridized carbons (Fsp3) is 0.136. The second-order valence-corrected chi connectivity index (χ2v) is 5.80. The third kappa shape index (κ3) is 4.63. The summed E-state index contributed by atoms with van der Waals surface area (Å²) in [6, 6.07) is 24.9. The van der Waals surface area contributed by atoms with Gasteiger partial charge in [0.1, 0.15) is 18.1 Å². The van der Waals surface area contributed by atoms with E-state index in [1.165, 1.54) is 0 Å². The highest BCUT2D eigenvalue weighted by atomic mass is 16.5. The molecule has 0 saturated heterocycles. The van der Waals surface area contributed by atoms with Gasteiger partial charge in [0.2, 0.25) is 0 Å². The average Bonchev–Trinajstić information content (AvgIpc) is 2.72. The molecule has 0 aliphatic rings. The molecule has 4 heteroatoms. The Hall–Kier alpha value is -3.27. The summed E-state index contributed by atoms with van der Waals surface area (Å²) in [4.78, 5) is 12.3. The molecule has 1 N–H and O–H groups in total. The molecule has 0 aromatic heterocycles. The molecule has 1 amide bonds. The Morgan fingerprint density at radius 2 is 1.54 bits per heavy atom. The second-order valence-electron chi connectivity index (χ2n) is 5.80. The zero-order valence-corrected chi connectivity index (χ0v) is 14.6. The first-order chi connectivity index (χ1) is 12.8. The summed E-state index contributed by atoms with van der Waals surface area (Å²) in [5, 5.41) is 2.91. The highest BCUT2D eigenvalue weighted by molar-refractivity contribution is 5.96. The minimum Gasteiger partial charge on any atom is -0.496 e. The lowest BCUT2D eigenvalue weighted by molar-refractivity contribution is 0.0948. The SMILES string of the molecule is COc1ccccc1C(=O)NCc1ccc(OCc2ccccc2)cc1. The molecule has 0 heterocycles. The molecule has 0 radical (unpaired) electrons. The monoisotopic (exact) mass is 347 g/mol. The molecular weight excluding hydrogens is 326 g/mol. The molecule has 0 aliphatic carbocycles. The van der Waals surface area contributed by atoms with Crippen LogP contribution in [0.3, 0.4) is 0 Å². The lowest BCUT2D eigenvalue weighted by Crippen LogP contribution is -2.23. The maximum atomic E-state index is 12.3. The van der Waals surface area contributed by atoms with E-state index in [1.807, 2.05) is 66.7 Å². The minimum absolute atomic E-state index is 0.160. The topological polar surface area (TPSA) is 47.6 Å². The Morgan fingerprint density at radius 3 is 2.27 bits per heavy atom. The summed E-state index contributed by atoms with van der Waals surface area (Å²) in [5.41, 5.74) is 2.65. The van der Waals surface area contributed by atoms with Gasteiger partial charge in [0.15, 0.2) is 0 Å². The van der Waals surface area contributed by atoms with Crippen LogP contribution in [0.1, 0.15) is 21.5 Å². The lowest BCUT2D eigenvalue weighted by Gasteiger charge is -2.10. The molecule has 0 saturated carbocycles. The van der Waals surface area contributed by atoms with Gasteiger partial charge >= 0.3 is 0 Å². The van der Waals surface area contributed by atoms with Crippen molar-refractivity contribution in [3.8, 4) is 11.5 Å². The van der Waals surface area contributed by atoms with Crippen molar-refractivity contribution in [2.24, 2.45) is 0 Å². The zero-order chi connectivity index (χ0) is 18.2. The maximum Gasteiger partial charge on any atom is 0.255 e. The van der Waals surface area contributed by atoms with Crippen molar-refractivity contribution < 1.29 is 14.3 Å². The van der Waals surface area contributed by atoms with Crippen molar-refractivity contribution in [2.75, 3.05) is 7.11 Å². The highest BCUT2D eigenvalue weighted by Crippen LogP contribution is 2.18. The summed E-state index contributed by atoms with van der Waals surface area (Å²) in [6.45, 7) is 0.973. The van der Waals surface area contributed by atoms with E-state index in [1.54, 1.807) is 19.2 Å². The second kappa shape index (κ2) is 8.72. The molecule has 3 aromatic carbocycles. The van der Waals surface area contributed by atoms with E-state index in [0.717, 1.165) is 16.9 Å². The Kier molecular flexibility index (Phi) is 5.88. The first-order valence-electron chi connectivity index (χ1n) is 8.43. The third-order valence-electron chi connectivity index (χ3n) is 3.98. The standard InChI is InChI=1S/C22H21NO3/c1-25-21-10-6-5-9-20(21)22(24)23-15-17-11-13-19(14-12-17)26-16-18-7-3-2-4-8-18/h2-14H,15-16H2,1H3,(H,23,24). The molecule has 0 spiro atoms. The number of amides is 1. The zero-order valence-electron chi connectivity index (χ0n) is 14.6. The molecule has 3 aromatic rings. The molecule has 0 fully saturated rings. The first kappa shape index (κ1) is 17.5. The van der Waals surface area contributed by atoms with Crippen molar-refractivity contribution >= 4 is 5.91 Å². The van der Waals surface area contributed by atoms with Crippen molar-refractivity contribution in [1.29, 1.82) is 0 Å². The maximum absolute atomic E-state index is 12.3. The van der Waals surface area contributed by atoms with Crippen LogP contribution in [0.2, 0.25) is 0 Å². The van der Waals surface area contributed by atoms with Gasteiger partial charge < -0.3 is 14.8 Å². The fourth-order valence-corrected chi connectivity index (χ4v) is 2.55. The lowest BCUT2D eigenvalue weighted by atomic mass is 10.1. The van der Waals surface area contributed by atoms with Crippen LogP contribution in [0, 0.1) is 0 Å². The van der Waals surface area contributed by atoms with Crippen LogP contribution >= 0.6 is 0 Å². The summed E-state index contributed by atoms with van der Waals surface area (Å²) >= 11 is 0. The number of hydrogen-bond donors (Lipinski definition) is 1. The summed E-state index contributed by atoms with van der Waals surface area (Å²) in [7, 11) is 1.56. The number of carbonyl (C=O) groups excluding carboxylic acids is 1. The number of hydrogen-bond acceptors (Lipinski definition) is 3. The summed E-state index contributed by atoms with van der Waals surface area (Å²) < 4.78 is 11.0. The van der Waals surface area contributed by atoms with Crippen LogP contribution < -0.4 is 14.8 Å². The smallest absolute Gasteiger partial charge is 0.255 e. The van der Waals surface area contributed by atoms with Crippen LogP contribution in [-0.4, -0.2) is 13.0 Å². The van der Waals surface area contributed by atoms with Crippen molar-refractivity contribution in [3.05, 3.63) is 95.6 Å². The molecule has 0 unspecified atom stereocenters. The highest BCUT2D eigenvalue weighted by Gasteiger charge is 2.10. The van der Waals surface area contributed by atoms with E-state index in [9.17, 15) is 4.79 Å². The van der Waals surface area contributed by atoms with Gasteiger partial charge in [-0.1, -0.05) is 54.6 Å². The Balaban J connectivity index is 1.53. The Labute approximate surface area is 153 Å². The van der Waals surface area contributed by atoms with Crippen LogP contribution in [-0.2, 0) is 13.2 Å². The number of carbonyl (C=O) groups is 1. The van der Waals surface area contributed by atoms with Gasteiger partial charge in [-0.15, -0.1) is 0 Å². The first-order valence-corrected chi connectivity index (χ1v) is 8.43. The number of benzene rings is 3. The van der Waals surface area contributed by atoms with Gasteiger partial charge in [-0.3, -0.25) is 4.79 Å². The molecule has 3 rings (SSSR count). The van der Waals surface area contributed by atoms with Gasteiger partial charge in [0.25, 0.3) is 5.91 Å². The summed E-state index contributed by atoms with van der Waals surface area (Å²) in [6.07, 6.45) is 0. The predicted molar refractivity (Wildman–Crippen MR) is 101 cm³/mol. The normalized spacial score (nSPS) is 10.2. The van der Waals surface area contributed by atoms with Crippen molar-refractivity contribution in [2.45, 2.75) is 13.2 Å². The van der Waals surface area contributed by atoms with Gasteiger partial charge in [0, 0.05) is 6.54 Å². The van der Waals surface area contributed by atoms with Gasteiger partial charge in [-0.05, 0) is 35.4 Å². The van der Waals surface area contributed by atoms with Crippen molar-refractivity contribution in [1.82, 2.24) is 5.32 Å². The largest absolute Gasteiger partial charge is 0.496 e. The fourth-order valence-electron chi connectivity index (χ4n) is 2.55. The third-order valence-corrected chi connectivity index (χ3v) is 3.98. The Morgan fingerprint density at radius 1 is 0.846 bits per heavy atom. The quantitative estimate of drug-likeness (QED) is 0.697. The number of para-hydroxylation sites is 1. The molecule has 0 bridgehead atoms. The minimum atomic E-state index is -0.160. The van der Waals surface area contributed by atoms with E-state index in [2.05, 4.69) is 5.32 Å². The molecule has 26 heavy (non-hydrogen) atoms. The predicted octanol–water partition coefficient (Wildman–Crippen LogP) is 4.20. The molecule has 4 nitrogen and oxygen atoms in total.